The molecule has 2 aromatic rings. The van der Waals surface area contributed by atoms with Crippen LogP contribution in [-0.4, -0.2) is 5.91 Å². The van der Waals surface area contributed by atoms with E-state index in [0.717, 1.165) is 5.56 Å². The van der Waals surface area contributed by atoms with E-state index in [9.17, 15) is 4.79 Å². The number of rotatable bonds is 4. The van der Waals surface area contributed by atoms with Crippen LogP contribution in [-0.2, 0) is 6.54 Å². The molecule has 0 bridgehead atoms. The Kier molecular flexibility index (Phi) is 3.79. The van der Waals surface area contributed by atoms with Crippen molar-refractivity contribution < 1.29 is 9.21 Å². The molecule has 18 heavy (non-hydrogen) atoms. The van der Waals surface area contributed by atoms with Crippen LogP contribution in [0.1, 0.15) is 34.8 Å². The molecular formula is C14H16N2O2. The number of amides is 1. The van der Waals surface area contributed by atoms with E-state index in [0.29, 0.717) is 18.1 Å². The molecule has 0 saturated heterocycles. The van der Waals surface area contributed by atoms with Crippen LogP contribution in [0.15, 0.2) is 46.9 Å². The van der Waals surface area contributed by atoms with Crippen LogP contribution in [0.4, 0.5) is 0 Å². The molecule has 3 N–H and O–H groups in total. The van der Waals surface area contributed by atoms with Gasteiger partial charge in [-0.1, -0.05) is 30.3 Å². The Labute approximate surface area is 106 Å². The smallest absolute Gasteiger partial charge is 0.287 e. The van der Waals surface area contributed by atoms with Crippen molar-refractivity contribution in [1.82, 2.24) is 5.32 Å². The van der Waals surface area contributed by atoms with Crippen molar-refractivity contribution in [1.29, 1.82) is 0 Å². The first-order valence-electron chi connectivity index (χ1n) is 5.85. The highest BCUT2D eigenvalue weighted by atomic mass is 16.4. The van der Waals surface area contributed by atoms with Crippen molar-refractivity contribution in [2.75, 3.05) is 0 Å². The molecule has 1 amide bonds. The Morgan fingerprint density at radius 3 is 2.61 bits per heavy atom. The van der Waals surface area contributed by atoms with E-state index >= 15 is 0 Å². The summed E-state index contributed by atoms with van der Waals surface area (Å²) in [6, 6.07) is 13.0. The molecule has 2 rings (SSSR count). The van der Waals surface area contributed by atoms with E-state index < -0.39 is 0 Å². The van der Waals surface area contributed by atoms with Gasteiger partial charge in [-0.3, -0.25) is 4.79 Å². The van der Waals surface area contributed by atoms with Crippen molar-refractivity contribution >= 4 is 5.91 Å². The second-order valence-corrected chi connectivity index (χ2v) is 4.08. The highest BCUT2D eigenvalue weighted by Gasteiger charge is 2.14. The molecule has 0 aliphatic heterocycles. The summed E-state index contributed by atoms with van der Waals surface area (Å²) >= 11 is 0. The number of benzene rings is 1. The lowest BCUT2D eigenvalue weighted by Crippen LogP contribution is -2.26. The van der Waals surface area contributed by atoms with Crippen LogP contribution in [0.3, 0.4) is 0 Å². The van der Waals surface area contributed by atoms with Gasteiger partial charge in [0.15, 0.2) is 5.76 Å². The molecule has 1 aromatic heterocycles. The first-order chi connectivity index (χ1) is 8.70. The molecule has 0 saturated carbocycles. The fourth-order valence-corrected chi connectivity index (χ4v) is 1.70. The van der Waals surface area contributed by atoms with Crippen LogP contribution < -0.4 is 11.1 Å². The molecule has 0 aliphatic rings. The zero-order valence-electron chi connectivity index (χ0n) is 10.2. The van der Waals surface area contributed by atoms with E-state index in [1.165, 1.54) is 0 Å². The average molecular weight is 244 g/mol. The maximum Gasteiger partial charge on any atom is 0.287 e. The Bertz CT molecular complexity index is 520. The monoisotopic (exact) mass is 244 g/mol. The van der Waals surface area contributed by atoms with Gasteiger partial charge in [-0.15, -0.1) is 0 Å². The summed E-state index contributed by atoms with van der Waals surface area (Å²) < 4.78 is 5.29. The van der Waals surface area contributed by atoms with Gasteiger partial charge in [-0.2, -0.15) is 0 Å². The Balaban J connectivity index is 2.03. The van der Waals surface area contributed by atoms with Crippen LogP contribution >= 0.6 is 0 Å². The van der Waals surface area contributed by atoms with E-state index in [1.54, 1.807) is 12.1 Å². The van der Waals surface area contributed by atoms with E-state index in [2.05, 4.69) is 5.32 Å². The minimum absolute atomic E-state index is 0.0647. The number of carbonyl (C=O) groups is 1. The SMILES string of the molecule is C[C@@H](NC(=O)c1ccc(CN)o1)c1ccccc1. The molecule has 0 unspecified atom stereocenters. The summed E-state index contributed by atoms with van der Waals surface area (Å²) in [4.78, 5) is 11.9. The van der Waals surface area contributed by atoms with E-state index in [1.807, 2.05) is 37.3 Å². The van der Waals surface area contributed by atoms with Crippen molar-refractivity contribution in [2.24, 2.45) is 5.73 Å². The third-order valence-electron chi connectivity index (χ3n) is 2.73. The van der Waals surface area contributed by atoms with Crippen LogP contribution in [0.5, 0.6) is 0 Å². The zero-order chi connectivity index (χ0) is 13.0. The molecule has 4 nitrogen and oxygen atoms in total. The van der Waals surface area contributed by atoms with Gasteiger partial charge >= 0.3 is 0 Å². The predicted octanol–water partition coefficient (Wildman–Crippen LogP) is 2.23. The molecule has 94 valence electrons. The molecule has 0 fully saturated rings. The summed E-state index contributed by atoms with van der Waals surface area (Å²) in [5.41, 5.74) is 6.48. The number of hydrogen-bond acceptors (Lipinski definition) is 3. The molecule has 0 aliphatic carbocycles. The van der Waals surface area contributed by atoms with Crippen LogP contribution in [0.25, 0.3) is 0 Å². The third kappa shape index (κ3) is 2.78. The van der Waals surface area contributed by atoms with Crippen molar-refractivity contribution in [3.8, 4) is 0 Å². The molecule has 0 radical (unpaired) electrons. The maximum atomic E-state index is 11.9. The zero-order valence-corrected chi connectivity index (χ0v) is 10.2. The second-order valence-electron chi connectivity index (χ2n) is 4.08. The van der Waals surface area contributed by atoms with Gasteiger partial charge in [0.1, 0.15) is 5.76 Å². The minimum Gasteiger partial charge on any atom is -0.455 e. The number of hydrogen-bond donors (Lipinski definition) is 2. The average Bonchev–Trinajstić information content (AvgIpc) is 2.88. The normalized spacial score (nSPS) is 12.1. The number of nitrogens with one attached hydrogen (secondary N) is 1. The van der Waals surface area contributed by atoms with Gasteiger partial charge in [0.2, 0.25) is 0 Å². The standard InChI is InChI=1S/C14H16N2O2/c1-10(11-5-3-2-4-6-11)16-14(17)13-8-7-12(9-15)18-13/h2-8,10H,9,15H2,1H3,(H,16,17)/t10-/m1/s1. The first kappa shape index (κ1) is 12.4. The molecule has 4 heteroatoms. The van der Waals surface area contributed by atoms with Gasteiger partial charge in [0, 0.05) is 0 Å². The Morgan fingerprint density at radius 1 is 1.28 bits per heavy atom. The van der Waals surface area contributed by atoms with Crippen LogP contribution in [0.2, 0.25) is 0 Å². The summed E-state index contributed by atoms with van der Waals surface area (Å²) in [5.74, 6) is 0.664. The molecule has 1 aromatic carbocycles. The van der Waals surface area contributed by atoms with E-state index in [-0.39, 0.29) is 11.9 Å². The Morgan fingerprint density at radius 2 is 2.00 bits per heavy atom. The quantitative estimate of drug-likeness (QED) is 0.866. The van der Waals surface area contributed by atoms with Gasteiger partial charge in [-0.25, -0.2) is 0 Å². The topological polar surface area (TPSA) is 68.3 Å². The fraction of sp³-hybridized carbons (Fsp3) is 0.214. The predicted molar refractivity (Wildman–Crippen MR) is 68.9 cm³/mol. The lowest BCUT2D eigenvalue weighted by Gasteiger charge is -2.12. The number of carbonyl (C=O) groups excluding carboxylic acids is 1. The van der Waals surface area contributed by atoms with Crippen molar-refractivity contribution in [2.45, 2.75) is 19.5 Å². The van der Waals surface area contributed by atoms with Crippen LogP contribution in [0, 0.1) is 0 Å². The van der Waals surface area contributed by atoms with Gasteiger partial charge in [0.25, 0.3) is 5.91 Å². The maximum absolute atomic E-state index is 11.9. The lowest BCUT2D eigenvalue weighted by atomic mass is 10.1. The minimum atomic E-state index is -0.231. The second kappa shape index (κ2) is 5.51. The van der Waals surface area contributed by atoms with Gasteiger partial charge < -0.3 is 15.5 Å². The largest absolute Gasteiger partial charge is 0.455 e. The van der Waals surface area contributed by atoms with Crippen molar-refractivity contribution in [3.05, 3.63) is 59.5 Å². The lowest BCUT2D eigenvalue weighted by molar-refractivity contribution is 0.0910. The summed E-state index contributed by atoms with van der Waals surface area (Å²) in [6.07, 6.45) is 0. The molecule has 1 heterocycles. The fourth-order valence-electron chi connectivity index (χ4n) is 1.70. The van der Waals surface area contributed by atoms with E-state index in [4.69, 9.17) is 10.2 Å². The summed E-state index contributed by atoms with van der Waals surface area (Å²) in [6.45, 7) is 2.22. The van der Waals surface area contributed by atoms with Gasteiger partial charge in [0.05, 0.1) is 12.6 Å². The molecular weight excluding hydrogens is 228 g/mol. The highest BCUT2D eigenvalue weighted by molar-refractivity contribution is 5.91. The number of nitrogens with two attached hydrogens (primary N) is 1. The summed E-state index contributed by atoms with van der Waals surface area (Å²) in [5, 5.41) is 2.88. The summed E-state index contributed by atoms with van der Waals surface area (Å²) in [7, 11) is 0. The highest BCUT2D eigenvalue weighted by Crippen LogP contribution is 2.13. The van der Waals surface area contributed by atoms with Crippen molar-refractivity contribution in [3.63, 3.8) is 0 Å². The third-order valence-corrected chi connectivity index (χ3v) is 2.73. The van der Waals surface area contributed by atoms with Gasteiger partial charge in [-0.05, 0) is 24.6 Å². The first-order valence-corrected chi connectivity index (χ1v) is 5.85. The molecule has 0 spiro atoms. The molecule has 1 atom stereocenters. The number of furan rings is 1. The Hall–Kier alpha value is -2.07.